The quantitative estimate of drug-likeness (QED) is 0.407. The van der Waals surface area contributed by atoms with Gasteiger partial charge in [0.15, 0.2) is 0 Å². The van der Waals surface area contributed by atoms with Crippen LogP contribution in [0.15, 0.2) is 54.6 Å². The highest BCUT2D eigenvalue weighted by Crippen LogP contribution is 2.44. The third kappa shape index (κ3) is 5.10. The summed E-state index contributed by atoms with van der Waals surface area (Å²) in [5.41, 5.74) is 0.550. The molecular formula is C28H34N2O5. The van der Waals surface area contributed by atoms with Gasteiger partial charge in [0.2, 0.25) is 17.7 Å². The Morgan fingerprint density at radius 2 is 1.80 bits per heavy atom. The average Bonchev–Trinajstić information content (AvgIpc) is 3.14. The highest BCUT2D eigenvalue weighted by Gasteiger charge is 2.55. The number of benzene rings is 2. The van der Waals surface area contributed by atoms with Crippen molar-refractivity contribution in [3.05, 3.63) is 65.7 Å². The van der Waals surface area contributed by atoms with Crippen LogP contribution in [0, 0.1) is 0 Å². The van der Waals surface area contributed by atoms with Crippen molar-refractivity contribution < 1.29 is 23.9 Å². The fourth-order valence-electron chi connectivity index (χ4n) is 5.45. The van der Waals surface area contributed by atoms with Gasteiger partial charge >= 0.3 is 0 Å². The van der Waals surface area contributed by atoms with E-state index in [1.165, 1.54) is 10.5 Å². The predicted octanol–water partition coefficient (Wildman–Crippen LogP) is 3.52. The number of para-hydroxylation sites is 1. The molecule has 2 saturated heterocycles. The Balaban J connectivity index is 1.62. The number of rotatable bonds is 9. The summed E-state index contributed by atoms with van der Waals surface area (Å²) in [6.45, 7) is 2.00. The summed E-state index contributed by atoms with van der Waals surface area (Å²) >= 11 is 0. The molecule has 2 atom stereocenters. The van der Waals surface area contributed by atoms with Crippen LogP contribution >= 0.6 is 0 Å². The van der Waals surface area contributed by atoms with Gasteiger partial charge in [-0.3, -0.25) is 19.3 Å². The van der Waals surface area contributed by atoms with Gasteiger partial charge in [0.25, 0.3) is 0 Å². The molecule has 0 N–H and O–H groups in total. The van der Waals surface area contributed by atoms with E-state index in [1.807, 2.05) is 35.2 Å². The van der Waals surface area contributed by atoms with Crippen molar-refractivity contribution in [2.24, 2.45) is 0 Å². The molecule has 2 aromatic carbocycles. The Morgan fingerprint density at radius 1 is 1.06 bits per heavy atom. The third-order valence-corrected chi connectivity index (χ3v) is 7.26. The number of piperidine rings is 1. The van der Waals surface area contributed by atoms with Crippen LogP contribution in [0.2, 0.25) is 0 Å². The van der Waals surface area contributed by atoms with E-state index in [9.17, 15) is 14.4 Å². The summed E-state index contributed by atoms with van der Waals surface area (Å²) in [6.07, 6.45) is 2.38. The number of imide groups is 1. The van der Waals surface area contributed by atoms with Gasteiger partial charge in [-0.25, -0.2) is 0 Å². The lowest BCUT2D eigenvalue weighted by molar-refractivity contribution is -0.143. The molecule has 0 radical (unpaired) electrons. The van der Waals surface area contributed by atoms with Crippen molar-refractivity contribution in [3.63, 3.8) is 0 Å². The molecule has 2 aliphatic heterocycles. The zero-order chi connectivity index (χ0) is 24.8. The molecule has 0 bridgehead atoms. The first-order valence-corrected chi connectivity index (χ1v) is 12.3. The van der Waals surface area contributed by atoms with E-state index in [1.54, 1.807) is 26.4 Å². The van der Waals surface area contributed by atoms with E-state index in [0.29, 0.717) is 37.4 Å². The topological polar surface area (TPSA) is 76.2 Å². The minimum Gasteiger partial charge on any atom is -0.496 e. The van der Waals surface area contributed by atoms with Crippen molar-refractivity contribution in [2.75, 3.05) is 40.5 Å². The van der Waals surface area contributed by atoms with Gasteiger partial charge in [0.1, 0.15) is 5.75 Å². The summed E-state index contributed by atoms with van der Waals surface area (Å²) in [7, 11) is 3.13. The van der Waals surface area contributed by atoms with Crippen LogP contribution in [0.25, 0.3) is 0 Å². The number of nitrogens with zero attached hydrogens (tertiary/aromatic N) is 2. The minimum absolute atomic E-state index is 0.0408. The highest BCUT2D eigenvalue weighted by atomic mass is 16.5. The molecule has 3 amide bonds. The first kappa shape index (κ1) is 24.9. The van der Waals surface area contributed by atoms with Crippen molar-refractivity contribution in [3.8, 4) is 5.75 Å². The molecule has 4 rings (SSSR count). The molecule has 7 nitrogen and oxygen atoms in total. The summed E-state index contributed by atoms with van der Waals surface area (Å²) in [5.74, 6) is 0.0960. The average molecular weight is 479 g/mol. The second kappa shape index (κ2) is 11.0. The third-order valence-electron chi connectivity index (χ3n) is 7.26. The Labute approximate surface area is 207 Å². The van der Waals surface area contributed by atoms with E-state index in [0.717, 1.165) is 12.8 Å². The molecule has 186 valence electrons. The van der Waals surface area contributed by atoms with E-state index in [4.69, 9.17) is 9.47 Å². The van der Waals surface area contributed by atoms with Crippen LogP contribution in [-0.2, 0) is 24.5 Å². The Bertz CT molecular complexity index is 1060. The predicted molar refractivity (Wildman–Crippen MR) is 132 cm³/mol. The molecule has 0 unspecified atom stereocenters. The smallest absolute Gasteiger partial charge is 0.241 e. The van der Waals surface area contributed by atoms with E-state index < -0.39 is 5.41 Å². The molecule has 0 aliphatic carbocycles. The summed E-state index contributed by atoms with van der Waals surface area (Å²) < 4.78 is 10.7. The van der Waals surface area contributed by atoms with Crippen LogP contribution in [0.1, 0.15) is 49.1 Å². The molecule has 7 heteroatoms. The van der Waals surface area contributed by atoms with Crippen LogP contribution < -0.4 is 4.74 Å². The lowest BCUT2D eigenvalue weighted by Crippen LogP contribution is -2.46. The molecule has 0 spiro atoms. The summed E-state index contributed by atoms with van der Waals surface area (Å²) in [4.78, 5) is 43.8. The fraction of sp³-hybridized carbons (Fsp3) is 0.464. The number of likely N-dealkylation sites (tertiary alicyclic amines) is 2. The Morgan fingerprint density at radius 3 is 2.54 bits per heavy atom. The van der Waals surface area contributed by atoms with E-state index >= 15 is 0 Å². The first-order valence-electron chi connectivity index (χ1n) is 12.3. The normalized spacial score (nSPS) is 22.5. The van der Waals surface area contributed by atoms with E-state index in [-0.39, 0.29) is 43.0 Å². The number of hydrogen-bond donors (Lipinski definition) is 0. The Hall–Kier alpha value is -3.19. The van der Waals surface area contributed by atoms with Crippen molar-refractivity contribution in [1.82, 2.24) is 9.80 Å². The van der Waals surface area contributed by atoms with Crippen LogP contribution in [0.5, 0.6) is 5.75 Å². The number of hydrogen-bond acceptors (Lipinski definition) is 5. The molecule has 2 aromatic rings. The van der Waals surface area contributed by atoms with Gasteiger partial charge in [-0.2, -0.15) is 0 Å². The van der Waals surface area contributed by atoms with Crippen molar-refractivity contribution in [2.45, 2.75) is 43.4 Å². The molecule has 2 aliphatic rings. The maximum absolute atomic E-state index is 13.8. The van der Waals surface area contributed by atoms with Crippen LogP contribution in [0.3, 0.4) is 0 Å². The summed E-state index contributed by atoms with van der Waals surface area (Å²) in [5, 5.41) is 0. The highest BCUT2D eigenvalue weighted by molar-refractivity contribution is 6.11. The van der Waals surface area contributed by atoms with Gasteiger partial charge in [-0.15, -0.1) is 0 Å². The van der Waals surface area contributed by atoms with Crippen LogP contribution in [0.4, 0.5) is 0 Å². The first-order chi connectivity index (χ1) is 17.0. The maximum Gasteiger partial charge on any atom is 0.241 e. The standard InChI is InChI=1S/C28H34N2O5/c1-34-17-9-16-30-26(32)19-28(27(30)33,23-13-6-7-14-24(23)35-2)18-25(31)29-15-8-12-22(20-29)21-10-4-3-5-11-21/h3-7,10-11,13-14,22H,8-9,12,15-20H2,1-2H3/t22-,28-/m1/s1. The van der Waals surface area contributed by atoms with Crippen molar-refractivity contribution >= 4 is 17.7 Å². The van der Waals surface area contributed by atoms with E-state index in [2.05, 4.69) is 12.1 Å². The maximum atomic E-state index is 13.8. The molecule has 2 fully saturated rings. The second-order valence-corrected chi connectivity index (χ2v) is 9.42. The zero-order valence-electron chi connectivity index (χ0n) is 20.6. The number of amides is 3. The monoisotopic (exact) mass is 478 g/mol. The van der Waals surface area contributed by atoms with Gasteiger partial charge in [-0.05, 0) is 30.9 Å². The Kier molecular flexibility index (Phi) is 7.86. The van der Waals surface area contributed by atoms with Gasteiger partial charge < -0.3 is 14.4 Å². The molecule has 0 aromatic heterocycles. The fourth-order valence-corrected chi connectivity index (χ4v) is 5.45. The number of ether oxygens (including phenoxy) is 2. The SMILES string of the molecule is COCCCN1C(=O)C[C@](CC(=O)N2CCC[C@@H](c3ccccc3)C2)(c2ccccc2OC)C1=O. The second-order valence-electron chi connectivity index (χ2n) is 9.42. The van der Waals surface area contributed by atoms with Gasteiger partial charge in [-0.1, -0.05) is 48.5 Å². The largest absolute Gasteiger partial charge is 0.496 e. The molecular weight excluding hydrogens is 444 g/mol. The number of carbonyl (C=O) groups is 3. The van der Waals surface area contributed by atoms with Crippen molar-refractivity contribution in [1.29, 1.82) is 0 Å². The molecule has 0 saturated carbocycles. The molecule has 35 heavy (non-hydrogen) atoms. The number of carbonyl (C=O) groups excluding carboxylic acids is 3. The lowest BCUT2D eigenvalue weighted by Gasteiger charge is -2.36. The number of methoxy groups -OCH3 is 2. The lowest BCUT2D eigenvalue weighted by atomic mass is 9.75. The minimum atomic E-state index is -1.27. The zero-order valence-corrected chi connectivity index (χ0v) is 20.6. The molecule has 2 heterocycles. The summed E-state index contributed by atoms with van der Waals surface area (Å²) in [6, 6.07) is 17.5. The van der Waals surface area contributed by atoms with Gasteiger partial charge in [0, 0.05) is 57.7 Å². The van der Waals surface area contributed by atoms with Gasteiger partial charge in [0.05, 0.1) is 12.5 Å². The van der Waals surface area contributed by atoms with Crippen LogP contribution in [-0.4, -0.2) is 68.0 Å².